The van der Waals surface area contributed by atoms with Gasteiger partial charge in [0.25, 0.3) is 0 Å². The van der Waals surface area contributed by atoms with E-state index >= 15 is 0 Å². The van der Waals surface area contributed by atoms with Crippen LogP contribution in [0, 0.1) is 0 Å². The summed E-state index contributed by atoms with van der Waals surface area (Å²) < 4.78 is 5.48. The van der Waals surface area contributed by atoms with E-state index in [1.54, 1.807) is 5.56 Å². The molecule has 1 fully saturated rings. The van der Waals surface area contributed by atoms with Crippen molar-refractivity contribution in [3.8, 4) is 0 Å². The Morgan fingerprint density at radius 2 is 2.05 bits per heavy atom. The molecule has 2 nitrogen and oxygen atoms in total. The first kappa shape index (κ1) is 14.4. The van der Waals surface area contributed by atoms with Crippen LogP contribution >= 0.6 is 11.6 Å². The van der Waals surface area contributed by atoms with Gasteiger partial charge in [-0.2, -0.15) is 0 Å². The molecule has 1 aromatic rings. The van der Waals surface area contributed by atoms with E-state index in [0.717, 1.165) is 32.6 Å². The van der Waals surface area contributed by atoms with Crippen LogP contribution in [0.3, 0.4) is 0 Å². The molecule has 1 heterocycles. The second-order valence-electron chi connectivity index (χ2n) is 6.20. The lowest BCUT2D eigenvalue weighted by atomic mass is 9.82. The van der Waals surface area contributed by atoms with E-state index in [2.05, 4.69) is 29.6 Å². The number of fused-ring (bicyclic) bond motifs is 1. The summed E-state index contributed by atoms with van der Waals surface area (Å²) in [6.45, 7) is 2.71. The molecule has 1 saturated heterocycles. The van der Waals surface area contributed by atoms with Crippen molar-refractivity contribution in [2.24, 2.45) is 0 Å². The van der Waals surface area contributed by atoms with E-state index in [9.17, 15) is 0 Å². The van der Waals surface area contributed by atoms with Gasteiger partial charge in [0.05, 0.1) is 0 Å². The predicted octanol–water partition coefficient (Wildman–Crippen LogP) is 3.48. The zero-order chi connectivity index (χ0) is 13.8. The minimum atomic E-state index is 0.0895. The Hall–Kier alpha value is -0.570. The van der Waals surface area contributed by atoms with Gasteiger partial charge in [-0.25, -0.2) is 0 Å². The summed E-state index contributed by atoms with van der Waals surface area (Å²) in [5.74, 6) is 1.33. The molecule has 1 aliphatic carbocycles. The molecule has 1 unspecified atom stereocenters. The molecule has 1 N–H and O–H groups in total. The molecular formula is C17H24ClNO. The number of rotatable bonds is 4. The van der Waals surface area contributed by atoms with Gasteiger partial charge in [0.2, 0.25) is 0 Å². The standard InChI is InChI=1S/C17H24ClNO/c18-13-17(8-10-20-11-9-17)19-12-15-6-3-5-14-4-1-2-7-16(14)15/h1-2,4,7,15,19H,3,5-6,8-13H2. The second-order valence-corrected chi connectivity index (χ2v) is 6.46. The summed E-state index contributed by atoms with van der Waals surface area (Å²) in [6.07, 6.45) is 5.90. The lowest BCUT2D eigenvalue weighted by Crippen LogP contribution is -2.52. The lowest BCUT2D eigenvalue weighted by molar-refractivity contribution is 0.0459. The number of hydrogen-bond acceptors (Lipinski definition) is 2. The Bertz CT molecular complexity index is 442. The van der Waals surface area contributed by atoms with Gasteiger partial charge >= 0.3 is 0 Å². The molecule has 2 aliphatic rings. The highest BCUT2D eigenvalue weighted by Gasteiger charge is 2.32. The monoisotopic (exact) mass is 293 g/mol. The predicted molar refractivity (Wildman–Crippen MR) is 83.6 cm³/mol. The Labute approximate surface area is 126 Å². The maximum absolute atomic E-state index is 6.24. The summed E-state index contributed by atoms with van der Waals surface area (Å²) in [5, 5.41) is 3.78. The average Bonchev–Trinajstić information content (AvgIpc) is 2.54. The van der Waals surface area contributed by atoms with Gasteiger partial charge in [0, 0.05) is 31.2 Å². The minimum Gasteiger partial charge on any atom is -0.381 e. The molecule has 1 aliphatic heterocycles. The second kappa shape index (κ2) is 6.46. The number of nitrogens with one attached hydrogen (secondary N) is 1. The quantitative estimate of drug-likeness (QED) is 0.858. The van der Waals surface area contributed by atoms with Gasteiger partial charge in [0.15, 0.2) is 0 Å². The van der Waals surface area contributed by atoms with Crippen molar-refractivity contribution in [2.75, 3.05) is 25.6 Å². The fourth-order valence-corrected chi connectivity index (χ4v) is 3.89. The zero-order valence-corrected chi connectivity index (χ0v) is 12.8. The third-order valence-corrected chi connectivity index (χ3v) is 5.43. The molecule has 0 radical (unpaired) electrons. The summed E-state index contributed by atoms with van der Waals surface area (Å²) in [5.41, 5.74) is 3.17. The highest BCUT2D eigenvalue weighted by molar-refractivity contribution is 6.18. The van der Waals surface area contributed by atoms with Gasteiger partial charge in [-0.15, -0.1) is 11.6 Å². The maximum Gasteiger partial charge on any atom is 0.0484 e. The van der Waals surface area contributed by atoms with Crippen LogP contribution in [0.2, 0.25) is 0 Å². The van der Waals surface area contributed by atoms with E-state index in [1.165, 1.54) is 24.8 Å². The van der Waals surface area contributed by atoms with Gasteiger partial charge in [-0.05, 0) is 49.1 Å². The largest absolute Gasteiger partial charge is 0.381 e. The first-order valence-electron chi connectivity index (χ1n) is 7.79. The normalized spacial score (nSPS) is 25.1. The summed E-state index contributed by atoms with van der Waals surface area (Å²) >= 11 is 6.24. The number of benzene rings is 1. The smallest absolute Gasteiger partial charge is 0.0484 e. The zero-order valence-electron chi connectivity index (χ0n) is 12.0. The topological polar surface area (TPSA) is 21.3 Å². The van der Waals surface area contributed by atoms with Crippen molar-refractivity contribution < 1.29 is 4.74 Å². The summed E-state index contributed by atoms with van der Waals surface area (Å²) in [7, 11) is 0. The van der Waals surface area contributed by atoms with Crippen LogP contribution < -0.4 is 5.32 Å². The van der Waals surface area contributed by atoms with E-state index in [0.29, 0.717) is 11.8 Å². The minimum absolute atomic E-state index is 0.0895. The molecule has 20 heavy (non-hydrogen) atoms. The number of alkyl halides is 1. The molecule has 0 bridgehead atoms. The summed E-state index contributed by atoms with van der Waals surface area (Å²) in [4.78, 5) is 0. The van der Waals surface area contributed by atoms with Crippen LogP contribution in [-0.2, 0) is 11.2 Å². The Morgan fingerprint density at radius 3 is 2.85 bits per heavy atom. The molecule has 1 aromatic carbocycles. The van der Waals surface area contributed by atoms with Crippen LogP contribution in [0.15, 0.2) is 24.3 Å². The number of hydrogen-bond donors (Lipinski definition) is 1. The fourth-order valence-electron chi connectivity index (χ4n) is 3.53. The molecule has 1 atom stereocenters. The molecule has 3 rings (SSSR count). The fraction of sp³-hybridized carbons (Fsp3) is 0.647. The Balaban J connectivity index is 1.66. The molecule has 0 amide bonds. The van der Waals surface area contributed by atoms with Gasteiger partial charge in [-0.3, -0.25) is 0 Å². The molecule has 3 heteroatoms. The first-order chi connectivity index (χ1) is 9.83. The van der Waals surface area contributed by atoms with Crippen LogP contribution in [0.25, 0.3) is 0 Å². The van der Waals surface area contributed by atoms with Crippen molar-refractivity contribution in [3.63, 3.8) is 0 Å². The molecule has 110 valence electrons. The molecule has 0 spiro atoms. The first-order valence-corrected chi connectivity index (χ1v) is 8.33. The molecule has 0 aromatic heterocycles. The van der Waals surface area contributed by atoms with Crippen molar-refractivity contribution in [3.05, 3.63) is 35.4 Å². The van der Waals surface area contributed by atoms with Crippen molar-refractivity contribution in [2.45, 2.75) is 43.6 Å². The maximum atomic E-state index is 6.24. The third kappa shape index (κ3) is 3.03. The van der Waals surface area contributed by atoms with E-state index in [-0.39, 0.29) is 5.54 Å². The third-order valence-electron chi connectivity index (χ3n) is 4.92. The van der Waals surface area contributed by atoms with E-state index in [1.807, 2.05) is 0 Å². The van der Waals surface area contributed by atoms with Gasteiger partial charge in [-0.1, -0.05) is 24.3 Å². The Kier molecular flexibility index (Phi) is 4.65. The van der Waals surface area contributed by atoms with Crippen molar-refractivity contribution in [1.29, 1.82) is 0 Å². The number of aryl methyl sites for hydroxylation is 1. The van der Waals surface area contributed by atoms with Crippen LogP contribution in [0.4, 0.5) is 0 Å². The Morgan fingerprint density at radius 1 is 1.25 bits per heavy atom. The van der Waals surface area contributed by atoms with E-state index in [4.69, 9.17) is 16.3 Å². The number of halogens is 1. The van der Waals surface area contributed by atoms with Crippen LogP contribution in [0.1, 0.15) is 42.7 Å². The SMILES string of the molecule is ClCC1(NCC2CCCc3ccccc32)CCOCC1. The van der Waals surface area contributed by atoms with Crippen LogP contribution in [0.5, 0.6) is 0 Å². The van der Waals surface area contributed by atoms with E-state index < -0.39 is 0 Å². The van der Waals surface area contributed by atoms with Crippen molar-refractivity contribution in [1.82, 2.24) is 5.32 Å². The summed E-state index contributed by atoms with van der Waals surface area (Å²) in [6, 6.07) is 8.92. The average molecular weight is 294 g/mol. The highest BCUT2D eigenvalue weighted by Crippen LogP contribution is 2.32. The van der Waals surface area contributed by atoms with Crippen LogP contribution in [-0.4, -0.2) is 31.2 Å². The van der Waals surface area contributed by atoms with Gasteiger partial charge in [0.1, 0.15) is 0 Å². The highest BCUT2D eigenvalue weighted by atomic mass is 35.5. The molecule has 0 saturated carbocycles. The molecular weight excluding hydrogens is 270 g/mol. The lowest BCUT2D eigenvalue weighted by Gasteiger charge is -2.38. The number of ether oxygens (including phenoxy) is 1. The van der Waals surface area contributed by atoms with Crippen molar-refractivity contribution >= 4 is 11.6 Å². The van der Waals surface area contributed by atoms with Gasteiger partial charge < -0.3 is 10.1 Å².